The van der Waals surface area contributed by atoms with E-state index in [4.69, 9.17) is 28.9 Å². The highest BCUT2D eigenvalue weighted by molar-refractivity contribution is 6.42. The molecule has 2 N–H and O–H groups in total. The number of carbonyl (C=O) groups excluding carboxylic acids is 1. The van der Waals surface area contributed by atoms with Crippen molar-refractivity contribution in [2.75, 3.05) is 7.05 Å². The first-order valence-electron chi connectivity index (χ1n) is 6.47. The van der Waals surface area contributed by atoms with Gasteiger partial charge in [0.05, 0.1) is 10.0 Å². The van der Waals surface area contributed by atoms with Crippen LogP contribution in [0.15, 0.2) is 18.2 Å². The van der Waals surface area contributed by atoms with E-state index in [-0.39, 0.29) is 18.0 Å². The minimum atomic E-state index is -0.0148. The lowest BCUT2D eigenvalue weighted by molar-refractivity contribution is 0.0690. The van der Waals surface area contributed by atoms with Crippen LogP contribution in [0.2, 0.25) is 10.0 Å². The summed E-state index contributed by atoms with van der Waals surface area (Å²) in [6, 6.07) is 5.53. The Balaban J connectivity index is 2.08. The van der Waals surface area contributed by atoms with Gasteiger partial charge in [-0.1, -0.05) is 23.2 Å². The summed E-state index contributed by atoms with van der Waals surface area (Å²) in [7, 11) is 1.84. The van der Waals surface area contributed by atoms with Crippen molar-refractivity contribution in [3.63, 3.8) is 0 Å². The fourth-order valence-corrected chi connectivity index (χ4v) is 2.79. The molecule has 0 heterocycles. The number of rotatable bonds is 2. The number of benzene rings is 1. The Morgan fingerprint density at radius 2 is 1.84 bits per heavy atom. The highest BCUT2D eigenvalue weighted by Gasteiger charge is 2.25. The van der Waals surface area contributed by atoms with Crippen LogP contribution < -0.4 is 5.73 Å². The van der Waals surface area contributed by atoms with Gasteiger partial charge in [0.1, 0.15) is 0 Å². The van der Waals surface area contributed by atoms with Crippen molar-refractivity contribution in [2.24, 2.45) is 5.73 Å². The summed E-state index contributed by atoms with van der Waals surface area (Å²) in [6.07, 6.45) is 3.88. The fraction of sp³-hybridized carbons (Fsp3) is 0.500. The van der Waals surface area contributed by atoms with Gasteiger partial charge in [0, 0.05) is 24.7 Å². The molecule has 0 unspecified atom stereocenters. The van der Waals surface area contributed by atoms with E-state index in [1.54, 1.807) is 23.1 Å². The largest absolute Gasteiger partial charge is 0.339 e. The van der Waals surface area contributed by atoms with E-state index in [2.05, 4.69) is 0 Å². The third-order valence-corrected chi connectivity index (χ3v) is 4.52. The molecule has 0 atom stereocenters. The van der Waals surface area contributed by atoms with E-state index in [9.17, 15) is 4.79 Å². The zero-order valence-electron chi connectivity index (χ0n) is 10.9. The van der Waals surface area contributed by atoms with E-state index in [1.165, 1.54) is 0 Å². The Hall–Kier alpha value is -0.770. The number of carbonyl (C=O) groups is 1. The highest BCUT2D eigenvalue weighted by Crippen LogP contribution is 2.25. The van der Waals surface area contributed by atoms with E-state index in [0.717, 1.165) is 25.7 Å². The average molecular weight is 301 g/mol. The van der Waals surface area contributed by atoms with E-state index in [0.29, 0.717) is 15.6 Å². The van der Waals surface area contributed by atoms with Crippen molar-refractivity contribution in [1.82, 2.24) is 4.90 Å². The van der Waals surface area contributed by atoms with Gasteiger partial charge >= 0.3 is 0 Å². The quantitative estimate of drug-likeness (QED) is 0.910. The first-order chi connectivity index (χ1) is 8.99. The SMILES string of the molecule is CN(C(=O)c1ccc(Cl)c(Cl)c1)C1CCC(N)CC1. The summed E-state index contributed by atoms with van der Waals surface area (Å²) in [5, 5.41) is 0.871. The second-order valence-corrected chi connectivity index (χ2v) is 5.93. The molecule has 104 valence electrons. The van der Waals surface area contributed by atoms with Gasteiger partial charge in [-0.2, -0.15) is 0 Å². The van der Waals surface area contributed by atoms with Crippen LogP contribution in [0.3, 0.4) is 0 Å². The summed E-state index contributed by atoms with van der Waals surface area (Å²) >= 11 is 11.8. The molecule has 0 spiro atoms. The summed E-state index contributed by atoms with van der Waals surface area (Å²) < 4.78 is 0. The van der Waals surface area contributed by atoms with Gasteiger partial charge in [-0.3, -0.25) is 4.79 Å². The van der Waals surface area contributed by atoms with Gasteiger partial charge in [0.15, 0.2) is 0 Å². The molecule has 0 aromatic heterocycles. The zero-order valence-corrected chi connectivity index (χ0v) is 12.4. The average Bonchev–Trinajstić information content (AvgIpc) is 2.41. The van der Waals surface area contributed by atoms with Gasteiger partial charge in [0.2, 0.25) is 0 Å². The molecule has 1 amide bonds. The van der Waals surface area contributed by atoms with E-state index >= 15 is 0 Å². The number of amides is 1. The zero-order chi connectivity index (χ0) is 14.0. The molecule has 2 rings (SSSR count). The van der Waals surface area contributed by atoms with Crippen LogP contribution in [0.5, 0.6) is 0 Å². The molecule has 19 heavy (non-hydrogen) atoms. The topological polar surface area (TPSA) is 46.3 Å². The molecule has 0 bridgehead atoms. The lowest BCUT2D eigenvalue weighted by Gasteiger charge is -2.33. The van der Waals surface area contributed by atoms with Gasteiger partial charge < -0.3 is 10.6 Å². The fourth-order valence-electron chi connectivity index (χ4n) is 2.49. The summed E-state index contributed by atoms with van der Waals surface area (Å²) in [5.41, 5.74) is 6.46. The van der Waals surface area contributed by atoms with Gasteiger partial charge in [-0.15, -0.1) is 0 Å². The Labute approximate surface area is 123 Å². The molecule has 1 saturated carbocycles. The Morgan fingerprint density at radius 3 is 2.42 bits per heavy atom. The first kappa shape index (κ1) is 14.6. The van der Waals surface area contributed by atoms with Gasteiger partial charge in [0.25, 0.3) is 5.91 Å². The van der Waals surface area contributed by atoms with E-state index < -0.39 is 0 Å². The molecule has 3 nitrogen and oxygen atoms in total. The maximum Gasteiger partial charge on any atom is 0.253 e. The van der Waals surface area contributed by atoms with Crippen LogP contribution in [-0.4, -0.2) is 29.9 Å². The number of nitrogens with zero attached hydrogens (tertiary/aromatic N) is 1. The molecular formula is C14H18Cl2N2O. The lowest BCUT2D eigenvalue weighted by atomic mass is 9.90. The van der Waals surface area contributed by atoms with Crippen molar-refractivity contribution in [3.05, 3.63) is 33.8 Å². The number of hydrogen-bond donors (Lipinski definition) is 1. The molecule has 1 aliphatic rings. The van der Waals surface area contributed by atoms with Gasteiger partial charge in [-0.05, 0) is 43.9 Å². The molecular weight excluding hydrogens is 283 g/mol. The van der Waals surface area contributed by atoms with Crippen molar-refractivity contribution in [2.45, 2.75) is 37.8 Å². The highest BCUT2D eigenvalue weighted by atomic mass is 35.5. The van der Waals surface area contributed by atoms with Crippen LogP contribution >= 0.6 is 23.2 Å². The third kappa shape index (κ3) is 3.41. The monoisotopic (exact) mass is 300 g/mol. The van der Waals surface area contributed by atoms with Crippen molar-refractivity contribution < 1.29 is 4.79 Å². The molecule has 0 radical (unpaired) electrons. The normalized spacial score (nSPS) is 23.2. The summed E-state index contributed by atoms with van der Waals surface area (Å²) in [6.45, 7) is 0. The second kappa shape index (κ2) is 6.12. The van der Waals surface area contributed by atoms with Crippen LogP contribution in [0.25, 0.3) is 0 Å². The Morgan fingerprint density at radius 1 is 1.21 bits per heavy atom. The van der Waals surface area contributed by atoms with Gasteiger partial charge in [-0.25, -0.2) is 0 Å². The van der Waals surface area contributed by atoms with Crippen molar-refractivity contribution >= 4 is 29.1 Å². The number of nitrogens with two attached hydrogens (primary N) is 1. The Bertz CT molecular complexity index is 471. The second-order valence-electron chi connectivity index (χ2n) is 5.11. The van der Waals surface area contributed by atoms with Crippen LogP contribution in [0.4, 0.5) is 0 Å². The molecule has 5 heteroatoms. The maximum absolute atomic E-state index is 12.4. The number of halogens is 2. The van der Waals surface area contributed by atoms with E-state index in [1.807, 2.05) is 7.05 Å². The predicted molar refractivity (Wildman–Crippen MR) is 78.8 cm³/mol. The Kier molecular flexibility index (Phi) is 4.71. The van der Waals surface area contributed by atoms with Crippen LogP contribution in [0.1, 0.15) is 36.0 Å². The molecule has 1 aromatic rings. The predicted octanol–water partition coefficient (Wildman–Crippen LogP) is 3.34. The summed E-state index contributed by atoms with van der Waals surface area (Å²) in [5.74, 6) is -0.0148. The maximum atomic E-state index is 12.4. The number of hydrogen-bond acceptors (Lipinski definition) is 2. The minimum absolute atomic E-state index is 0.0148. The van der Waals surface area contributed by atoms with Crippen LogP contribution in [-0.2, 0) is 0 Å². The molecule has 1 aliphatic carbocycles. The third-order valence-electron chi connectivity index (χ3n) is 3.78. The minimum Gasteiger partial charge on any atom is -0.339 e. The standard InChI is InChI=1S/C14H18Cl2N2O/c1-18(11-5-3-10(17)4-6-11)14(19)9-2-7-12(15)13(16)8-9/h2,7-8,10-11H,3-6,17H2,1H3. The molecule has 0 saturated heterocycles. The summed E-state index contributed by atoms with van der Waals surface area (Å²) in [4.78, 5) is 14.2. The van der Waals surface area contributed by atoms with Crippen molar-refractivity contribution in [1.29, 1.82) is 0 Å². The molecule has 1 fully saturated rings. The molecule has 1 aromatic carbocycles. The molecule has 0 aliphatic heterocycles. The van der Waals surface area contributed by atoms with Crippen LogP contribution in [0, 0.1) is 0 Å². The van der Waals surface area contributed by atoms with Crippen molar-refractivity contribution in [3.8, 4) is 0 Å². The first-order valence-corrected chi connectivity index (χ1v) is 7.22. The lowest BCUT2D eigenvalue weighted by Crippen LogP contribution is -2.41. The smallest absolute Gasteiger partial charge is 0.253 e.